The highest BCUT2D eigenvalue weighted by atomic mass is 35.5. The second-order valence-corrected chi connectivity index (χ2v) is 4.79. The molecular formula is C13H12ClF3N4O2. The van der Waals surface area contributed by atoms with Gasteiger partial charge in [-0.1, -0.05) is 11.6 Å². The molecule has 0 spiro atoms. The van der Waals surface area contributed by atoms with Crippen LogP contribution in [-0.2, 0) is 10.9 Å². The Morgan fingerprint density at radius 2 is 2.09 bits per heavy atom. The van der Waals surface area contributed by atoms with Gasteiger partial charge in [0.15, 0.2) is 5.82 Å². The van der Waals surface area contributed by atoms with E-state index in [0.717, 1.165) is 16.8 Å². The highest BCUT2D eigenvalue weighted by Crippen LogP contribution is 2.28. The van der Waals surface area contributed by atoms with E-state index in [1.165, 1.54) is 13.3 Å². The summed E-state index contributed by atoms with van der Waals surface area (Å²) in [4.78, 5) is 15.7. The first-order valence-electron chi connectivity index (χ1n) is 6.39. The average molecular weight is 349 g/mol. The largest absolute Gasteiger partial charge is 0.417 e. The van der Waals surface area contributed by atoms with Gasteiger partial charge in [-0.05, 0) is 12.1 Å². The molecule has 1 N–H and O–H groups in total. The smallest absolute Gasteiger partial charge is 0.383 e. The quantitative estimate of drug-likeness (QED) is 0.840. The van der Waals surface area contributed by atoms with Crippen LogP contribution in [0.3, 0.4) is 0 Å². The summed E-state index contributed by atoms with van der Waals surface area (Å²) in [6.45, 7) is 0.819. The van der Waals surface area contributed by atoms with Gasteiger partial charge in [0, 0.05) is 19.9 Å². The van der Waals surface area contributed by atoms with E-state index in [1.807, 2.05) is 0 Å². The predicted molar refractivity (Wildman–Crippen MR) is 78.0 cm³/mol. The molecular weight excluding hydrogens is 337 g/mol. The van der Waals surface area contributed by atoms with Crippen LogP contribution >= 0.6 is 11.6 Å². The third kappa shape index (κ3) is 3.99. The Balaban J connectivity index is 2.30. The number of hydrogen-bond acceptors (Lipinski definition) is 5. The molecule has 0 radical (unpaired) electrons. The van der Waals surface area contributed by atoms with E-state index in [0.29, 0.717) is 25.0 Å². The predicted octanol–water partition coefficient (Wildman–Crippen LogP) is 2.36. The van der Waals surface area contributed by atoms with E-state index in [9.17, 15) is 18.0 Å². The van der Waals surface area contributed by atoms with Gasteiger partial charge in [0.2, 0.25) is 0 Å². The maximum absolute atomic E-state index is 12.5. The molecule has 0 unspecified atom stereocenters. The second-order valence-electron chi connectivity index (χ2n) is 4.41. The standard InChI is InChI=1S/C13H12ClF3N4O2/c1-23-5-4-18-9-7-20-21(12(22)11(9)14)10-3-2-8(6-19-10)13(15,16)17/h2-3,6-7,18H,4-5H2,1H3. The summed E-state index contributed by atoms with van der Waals surface area (Å²) in [5, 5.41) is 6.57. The molecule has 0 amide bonds. The molecule has 0 aliphatic heterocycles. The first kappa shape index (κ1) is 17.2. The van der Waals surface area contributed by atoms with Gasteiger partial charge in [-0.3, -0.25) is 4.79 Å². The van der Waals surface area contributed by atoms with E-state index in [-0.39, 0.29) is 10.8 Å². The van der Waals surface area contributed by atoms with Crippen LogP contribution in [0.25, 0.3) is 5.82 Å². The van der Waals surface area contributed by atoms with Crippen LogP contribution in [-0.4, -0.2) is 35.0 Å². The molecule has 0 saturated heterocycles. The van der Waals surface area contributed by atoms with Crippen molar-refractivity contribution < 1.29 is 17.9 Å². The summed E-state index contributed by atoms with van der Waals surface area (Å²) in [5.41, 5.74) is -1.31. The Hall–Kier alpha value is -2.13. The molecule has 0 bridgehead atoms. The highest BCUT2D eigenvalue weighted by molar-refractivity contribution is 6.32. The SMILES string of the molecule is COCCNc1cnn(-c2ccc(C(F)(F)F)cn2)c(=O)c1Cl. The number of pyridine rings is 1. The van der Waals surface area contributed by atoms with Gasteiger partial charge in [-0.25, -0.2) is 4.98 Å². The van der Waals surface area contributed by atoms with Crippen molar-refractivity contribution in [2.45, 2.75) is 6.18 Å². The maximum Gasteiger partial charge on any atom is 0.417 e. The van der Waals surface area contributed by atoms with Crippen molar-refractivity contribution in [3.05, 3.63) is 45.5 Å². The van der Waals surface area contributed by atoms with Crippen molar-refractivity contribution in [2.24, 2.45) is 0 Å². The van der Waals surface area contributed by atoms with Crippen LogP contribution in [0.1, 0.15) is 5.56 Å². The van der Waals surface area contributed by atoms with Crippen molar-refractivity contribution in [3.8, 4) is 5.82 Å². The van der Waals surface area contributed by atoms with E-state index < -0.39 is 17.3 Å². The lowest BCUT2D eigenvalue weighted by Gasteiger charge is -2.10. The van der Waals surface area contributed by atoms with Gasteiger partial charge < -0.3 is 10.1 Å². The van der Waals surface area contributed by atoms with Crippen LogP contribution in [0.5, 0.6) is 0 Å². The molecule has 0 aliphatic carbocycles. The summed E-state index contributed by atoms with van der Waals surface area (Å²) < 4.78 is 43.2. The number of aromatic nitrogens is 3. The zero-order chi connectivity index (χ0) is 17.0. The minimum Gasteiger partial charge on any atom is -0.383 e. The van der Waals surface area contributed by atoms with Crippen LogP contribution in [0, 0.1) is 0 Å². The third-order valence-electron chi connectivity index (χ3n) is 2.83. The fraction of sp³-hybridized carbons (Fsp3) is 0.308. The Labute approximate surface area is 133 Å². The van der Waals surface area contributed by atoms with Crippen molar-refractivity contribution in [1.82, 2.24) is 14.8 Å². The van der Waals surface area contributed by atoms with Crippen molar-refractivity contribution in [2.75, 3.05) is 25.6 Å². The van der Waals surface area contributed by atoms with Crippen LogP contribution in [0.4, 0.5) is 18.9 Å². The molecule has 6 nitrogen and oxygen atoms in total. The van der Waals surface area contributed by atoms with Gasteiger partial charge in [-0.2, -0.15) is 23.0 Å². The number of alkyl halides is 3. The molecule has 0 saturated carbocycles. The summed E-state index contributed by atoms with van der Waals surface area (Å²) in [6, 6.07) is 1.86. The van der Waals surface area contributed by atoms with Gasteiger partial charge in [-0.15, -0.1) is 0 Å². The molecule has 0 aromatic carbocycles. The molecule has 10 heteroatoms. The lowest BCUT2D eigenvalue weighted by atomic mass is 10.3. The normalized spacial score (nSPS) is 11.5. The summed E-state index contributed by atoms with van der Waals surface area (Å²) in [7, 11) is 1.52. The first-order valence-corrected chi connectivity index (χ1v) is 6.76. The monoisotopic (exact) mass is 348 g/mol. The molecule has 124 valence electrons. The number of anilines is 1. The van der Waals surface area contributed by atoms with Crippen molar-refractivity contribution >= 4 is 17.3 Å². The van der Waals surface area contributed by atoms with Crippen LogP contribution in [0.2, 0.25) is 5.02 Å². The lowest BCUT2D eigenvalue weighted by molar-refractivity contribution is -0.137. The topological polar surface area (TPSA) is 69.0 Å². The Kier molecular flexibility index (Phi) is 5.22. The number of nitrogens with zero attached hydrogens (tertiary/aromatic N) is 3. The fourth-order valence-electron chi connectivity index (χ4n) is 1.69. The summed E-state index contributed by atoms with van der Waals surface area (Å²) in [6.07, 6.45) is -2.59. The first-order chi connectivity index (χ1) is 10.8. The number of methoxy groups -OCH3 is 1. The van der Waals surface area contributed by atoms with Crippen molar-refractivity contribution in [1.29, 1.82) is 0 Å². The molecule has 2 rings (SSSR count). The molecule has 23 heavy (non-hydrogen) atoms. The zero-order valence-corrected chi connectivity index (χ0v) is 12.6. The highest BCUT2D eigenvalue weighted by Gasteiger charge is 2.30. The lowest BCUT2D eigenvalue weighted by Crippen LogP contribution is -2.24. The summed E-state index contributed by atoms with van der Waals surface area (Å²) in [5.74, 6) is -0.0617. The van der Waals surface area contributed by atoms with E-state index in [4.69, 9.17) is 16.3 Å². The fourth-order valence-corrected chi connectivity index (χ4v) is 1.88. The van der Waals surface area contributed by atoms with E-state index in [1.54, 1.807) is 0 Å². The molecule has 0 atom stereocenters. The second kappa shape index (κ2) is 6.97. The number of hydrogen-bond donors (Lipinski definition) is 1. The van der Waals surface area contributed by atoms with Gasteiger partial charge in [0.1, 0.15) is 5.02 Å². The average Bonchev–Trinajstić information content (AvgIpc) is 2.51. The Morgan fingerprint density at radius 3 is 2.65 bits per heavy atom. The molecule has 2 aromatic heterocycles. The molecule has 2 heterocycles. The molecule has 0 fully saturated rings. The number of ether oxygens (including phenoxy) is 1. The molecule has 2 aromatic rings. The van der Waals surface area contributed by atoms with Crippen LogP contribution in [0.15, 0.2) is 29.3 Å². The molecule has 0 aliphatic rings. The zero-order valence-electron chi connectivity index (χ0n) is 11.9. The maximum atomic E-state index is 12.5. The van der Waals surface area contributed by atoms with Gasteiger partial charge in [0.25, 0.3) is 5.56 Å². The van der Waals surface area contributed by atoms with Gasteiger partial charge >= 0.3 is 6.18 Å². The van der Waals surface area contributed by atoms with Crippen LogP contribution < -0.4 is 10.9 Å². The number of halogens is 4. The Bertz CT molecular complexity index is 731. The van der Waals surface area contributed by atoms with Gasteiger partial charge in [0.05, 0.1) is 24.1 Å². The Morgan fingerprint density at radius 1 is 1.35 bits per heavy atom. The third-order valence-corrected chi connectivity index (χ3v) is 3.20. The minimum absolute atomic E-state index is 0.0617. The van der Waals surface area contributed by atoms with Crippen molar-refractivity contribution in [3.63, 3.8) is 0 Å². The number of rotatable bonds is 5. The summed E-state index contributed by atoms with van der Waals surface area (Å²) >= 11 is 5.95. The number of nitrogens with one attached hydrogen (secondary N) is 1. The minimum atomic E-state index is -4.50. The van der Waals surface area contributed by atoms with E-state index in [2.05, 4.69) is 15.4 Å². The van der Waals surface area contributed by atoms with E-state index >= 15 is 0 Å².